The molecular weight excluding hydrogens is 238 g/mol. The summed E-state index contributed by atoms with van der Waals surface area (Å²) in [7, 11) is 0. The predicted octanol–water partition coefficient (Wildman–Crippen LogP) is 2.64. The van der Waals surface area contributed by atoms with Crippen LogP contribution in [0, 0.1) is 6.92 Å². The lowest BCUT2D eigenvalue weighted by Gasteiger charge is -2.34. The number of nitrogens with zero attached hydrogens (tertiary/aromatic N) is 1. The van der Waals surface area contributed by atoms with Gasteiger partial charge in [0.2, 0.25) is 5.91 Å². The summed E-state index contributed by atoms with van der Waals surface area (Å²) in [5.41, 5.74) is 2.26. The monoisotopic (exact) mass is 259 g/mol. The van der Waals surface area contributed by atoms with E-state index in [1.165, 1.54) is 5.56 Å². The number of benzene rings is 1. The predicted molar refractivity (Wildman–Crippen MR) is 76.8 cm³/mol. The highest BCUT2D eigenvalue weighted by molar-refractivity contribution is 5.91. The van der Waals surface area contributed by atoms with Crippen LogP contribution in [-0.2, 0) is 9.53 Å². The number of hydrogen-bond donors (Lipinski definition) is 0. The molecule has 0 spiro atoms. The van der Waals surface area contributed by atoms with Crippen molar-refractivity contribution in [1.82, 2.24) is 4.90 Å². The maximum Gasteiger partial charge on any atom is 0.246 e. The van der Waals surface area contributed by atoms with Crippen molar-refractivity contribution < 1.29 is 9.53 Å². The van der Waals surface area contributed by atoms with Crippen LogP contribution in [-0.4, -0.2) is 36.1 Å². The van der Waals surface area contributed by atoms with Gasteiger partial charge in [-0.1, -0.05) is 29.8 Å². The molecule has 3 nitrogen and oxygen atoms in total. The van der Waals surface area contributed by atoms with Crippen LogP contribution in [0.5, 0.6) is 0 Å². The number of ether oxygens (including phenoxy) is 1. The summed E-state index contributed by atoms with van der Waals surface area (Å²) in [5, 5.41) is 0. The molecule has 0 aromatic heterocycles. The van der Waals surface area contributed by atoms with Gasteiger partial charge in [-0.25, -0.2) is 0 Å². The third-order valence-electron chi connectivity index (χ3n) is 3.19. The number of hydrogen-bond acceptors (Lipinski definition) is 2. The van der Waals surface area contributed by atoms with Crippen molar-refractivity contribution in [1.29, 1.82) is 0 Å². The van der Waals surface area contributed by atoms with Gasteiger partial charge in [-0.3, -0.25) is 4.79 Å². The van der Waals surface area contributed by atoms with Gasteiger partial charge in [0.05, 0.1) is 12.2 Å². The van der Waals surface area contributed by atoms with Crippen molar-refractivity contribution in [2.24, 2.45) is 0 Å². The molecular formula is C16H21NO2. The number of carbonyl (C=O) groups is 1. The Kier molecular flexibility index (Phi) is 4.38. The SMILES string of the molecule is Cc1cccc(C=CC(=O)N2CC(C)OC(C)C2)c1. The van der Waals surface area contributed by atoms with Gasteiger partial charge >= 0.3 is 0 Å². The van der Waals surface area contributed by atoms with Crippen molar-refractivity contribution in [3.8, 4) is 0 Å². The van der Waals surface area contributed by atoms with Crippen molar-refractivity contribution in [2.45, 2.75) is 33.0 Å². The van der Waals surface area contributed by atoms with E-state index in [0.29, 0.717) is 13.1 Å². The van der Waals surface area contributed by atoms with Crippen LogP contribution in [0.25, 0.3) is 6.08 Å². The lowest BCUT2D eigenvalue weighted by atomic mass is 10.1. The van der Waals surface area contributed by atoms with Gasteiger partial charge < -0.3 is 9.64 Å². The molecule has 1 aliphatic rings. The Balaban J connectivity index is 2.00. The average Bonchev–Trinajstić information content (AvgIpc) is 2.35. The minimum atomic E-state index is 0.0588. The number of carbonyl (C=O) groups excluding carboxylic acids is 1. The van der Waals surface area contributed by atoms with E-state index in [4.69, 9.17) is 4.74 Å². The first-order valence-electron chi connectivity index (χ1n) is 6.73. The van der Waals surface area contributed by atoms with E-state index in [0.717, 1.165) is 5.56 Å². The maximum atomic E-state index is 12.1. The number of amides is 1. The Bertz CT molecular complexity index is 471. The normalized spacial score (nSPS) is 23.8. The number of morpholine rings is 1. The first kappa shape index (κ1) is 13.8. The van der Waals surface area contributed by atoms with E-state index in [-0.39, 0.29) is 18.1 Å². The Morgan fingerprint density at radius 3 is 2.63 bits per heavy atom. The van der Waals surface area contributed by atoms with Crippen molar-refractivity contribution in [3.05, 3.63) is 41.5 Å². The number of aryl methyl sites for hydroxylation is 1. The molecule has 2 rings (SSSR count). The minimum absolute atomic E-state index is 0.0588. The van der Waals surface area contributed by atoms with Crippen LogP contribution in [0.3, 0.4) is 0 Å². The van der Waals surface area contributed by atoms with Crippen molar-refractivity contribution >= 4 is 12.0 Å². The third-order valence-corrected chi connectivity index (χ3v) is 3.19. The smallest absolute Gasteiger partial charge is 0.246 e. The summed E-state index contributed by atoms with van der Waals surface area (Å²) in [6, 6.07) is 8.11. The van der Waals surface area contributed by atoms with Gasteiger partial charge in [0.15, 0.2) is 0 Å². The van der Waals surface area contributed by atoms with Gasteiger partial charge in [0.1, 0.15) is 0 Å². The van der Waals surface area contributed by atoms with Gasteiger partial charge in [-0.2, -0.15) is 0 Å². The van der Waals surface area contributed by atoms with E-state index in [1.54, 1.807) is 6.08 Å². The van der Waals surface area contributed by atoms with Crippen molar-refractivity contribution in [3.63, 3.8) is 0 Å². The van der Waals surface area contributed by atoms with Gasteiger partial charge in [-0.15, -0.1) is 0 Å². The zero-order chi connectivity index (χ0) is 13.8. The molecule has 0 aliphatic carbocycles. The molecule has 1 aromatic carbocycles. The van der Waals surface area contributed by atoms with Crippen molar-refractivity contribution in [2.75, 3.05) is 13.1 Å². The fourth-order valence-corrected chi connectivity index (χ4v) is 2.40. The Morgan fingerprint density at radius 2 is 2.00 bits per heavy atom. The summed E-state index contributed by atoms with van der Waals surface area (Å²) >= 11 is 0. The molecule has 19 heavy (non-hydrogen) atoms. The molecule has 2 atom stereocenters. The second-order valence-electron chi connectivity index (χ2n) is 5.25. The first-order valence-corrected chi connectivity index (χ1v) is 6.73. The maximum absolute atomic E-state index is 12.1. The summed E-state index contributed by atoms with van der Waals surface area (Å²) < 4.78 is 5.63. The molecule has 0 bridgehead atoms. The lowest BCUT2D eigenvalue weighted by Crippen LogP contribution is -2.47. The Morgan fingerprint density at radius 1 is 1.32 bits per heavy atom. The summed E-state index contributed by atoms with van der Waals surface area (Å²) in [6.45, 7) is 7.38. The quantitative estimate of drug-likeness (QED) is 0.764. The highest BCUT2D eigenvalue weighted by Crippen LogP contribution is 2.12. The Labute approximate surface area is 114 Å². The summed E-state index contributed by atoms with van der Waals surface area (Å²) in [4.78, 5) is 14.0. The molecule has 0 saturated carbocycles. The fraction of sp³-hybridized carbons (Fsp3) is 0.438. The largest absolute Gasteiger partial charge is 0.372 e. The summed E-state index contributed by atoms with van der Waals surface area (Å²) in [6.07, 6.45) is 3.75. The number of rotatable bonds is 2. The standard InChI is InChI=1S/C16H21NO2/c1-12-5-4-6-15(9-12)7-8-16(18)17-10-13(2)19-14(3)11-17/h4-9,13-14H,10-11H2,1-3H3. The molecule has 1 fully saturated rings. The van der Waals surface area contributed by atoms with Crippen LogP contribution in [0.2, 0.25) is 0 Å². The van der Waals surface area contributed by atoms with Gasteiger partial charge in [0, 0.05) is 19.2 Å². The molecule has 2 unspecified atom stereocenters. The molecule has 0 N–H and O–H groups in total. The van der Waals surface area contributed by atoms with Crippen LogP contribution in [0.1, 0.15) is 25.0 Å². The topological polar surface area (TPSA) is 29.5 Å². The molecule has 1 amide bonds. The molecule has 1 aromatic rings. The molecule has 0 radical (unpaired) electrons. The minimum Gasteiger partial charge on any atom is -0.372 e. The molecule has 3 heteroatoms. The Hall–Kier alpha value is -1.61. The van der Waals surface area contributed by atoms with E-state index >= 15 is 0 Å². The van der Waals surface area contributed by atoms with E-state index < -0.39 is 0 Å². The van der Waals surface area contributed by atoms with Crippen LogP contribution in [0.4, 0.5) is 0 Å². The highest BCUT2D eigenvalue weighted by Gasteiger charge is 2.24. The van der Waals surface area contributed by atoms with E-state index in [2.05, 4.69) is 6.07 Å². The van der Waals surface area contributed by atoms with E-state index in [9.17, 15) is 4.79 Å². The average molecular weight is 259 g/mol. The summed E-state index contributed by atoms with van der Waals surface area (Å²) in [5.74, 6) is 0.0588. The molecule has 102 valence electrons. The molecule has 1 saturated heterocycles. The fourth-order valence-electron chi connectivity index (χ4n) is 2.40. The molecule has 1 heterocycles. The van der Waals surface area contributed by atoms with Crippen LogP contribution in [0.15, 0.2) is 30.3 Å². The van der Waals surface area contributed by atoms with Crippen LogP contribution < -0.4 is 0 Å². The highest BCUT2D eigenvalue weighted by atomic mass is 16.5. The first-order chi connectivity index (χ1) is 9.04. The van der Waals surface area contributed by atoms with E-state index in [1.807, 2.05) is 49.9 Å². The third kappa shape index (κ3) is 3.93. The van der Waals surface area contributed by atoms with Gasteiger partial charge in [0.25, 0.3) is 0 Å². The molecule has 1 aliphatic heterocycles. The zero-order valence-electron chi connectivity index (χ0n) is 11.8. The van der Waals surface area contributed by atoms with Crippen LogP contribution >= 0.6 is 0 Å². The zero-order valence-corrected chi connectivity index (χ0v) is 11.8. The second kappa shape index (κ2) is 6.02. The van der Waals surface area contributed by atoms with Gasteiger partial charge in [-0.05, 0) is 32.4 Å². The second-order valence-corrected chi connectivity index (χ2v) is 5.25. The lowest BCUT2D eigenvalue weighted by molar-refractivity contribution is -0.137.